The minimum absolute atomic E-state index is 0.151. The number of ether oxygens (including phenoxy) is 3. The van der Waals surface area contributed by atoms with Crippen molar-refractivity contribution >= 4 is 29.3 Å². The number of alkyl carbamates (subject to hydrolysis) is 1. The highest BCUT2D eigenvalue weighted by molar-refractivity contribution is 6.35. The minimum Gasteiger partial charge on any atom is -0.495 e. The van der Waals surface area contributed by atoms with Crippen molar-refractivity contribution in [3.05, 3.63) is 46.5 Å². The van der Waals surface area contributed by atoms with Crippen LogP contribution in [-0.2, 0) is 20.7 Å². The van der Waals surface area contributed by atoms with Gasteiger partial charge in [0.05, 0.1) is 30.9 Å². The standard InChI is InChI=1S/C27H35ClN2O8/c1-15-7-6-8-19(31)27(35)13-21(37-24(34)29-27)26(3)14-25(2,38-26)20(32)12-22(33)30(4)17-10-16(9-15)11-18(36-5)23(17)28/h6-8,10-11,19-21,31-32,35H,9,12-14H2,1-5H3,(H,29,34)/b8-6+,15-7+/t19-,20+,21+,25-,26?,27+/m1/s1. The van der Waals surface area contributed by atoms with Gasteiger partial charge >= 0.3 is 6.09 Å². The lowest BCUT2D eigenvalue weighted by Crippen LogP contribution is -2.72. The molecule has 1 aromatic rings. The van der Waals surface area contributed by atoms with Gasteiger partial charge in [-0.15, -0.1) is 0 Å². The van der Waals surface area contributed by atoms with Gasteiger partial charge in [0.15, 0.2) is 5.72 Å². The number of carbonyl (C=O) groups is 2. The molecule has 6 atom stereocenters. The highest BCUT2D eigenvalue weighted by Crippen LogP contribution is 2.49. The summed E-state index contributed by atoms with van der Waals surface area (Å²) < 4.78 is 17.0. The number of aliphatic hydroxyl groups excluding tert-OH is 2. The van der Waals surface area contributed by atoms with Crippen molar-refractivity contribution in [2.45, 2.75) is 81.7 Å². The topological polar surface area (TPSA) is 138 Å². The van der Waals surface area contributed by atoms with Crippen molar-refractivity contribution < 1.29 is 39.1 Å². The number of carbonyl (C=O) groups excluding carboxylic acids is 2. The molecular weight excluding hydrogens is 516 g/mol. The second kappa shape index (κ2) is 10.2. The molecule has 38 heavy (non-hydrogen) atoms. The number of rotatable bonds is 1. The largest absolute Gasteiger partial charge is 0.495 e. The number of halogens is 1. The smallest absolute Gasteiger partial charge is 0.409 e. The van der Waals surface area contributed by atoms with E-state index in [1.807, 2.05) is 6.92 Å². The fraction of sp³-hybridized carbons (Fsp3) is 0.556. The van der Waals surface area contributed by atoms with E-state index in [0.29, 0.717) is 17.9 Å². The van der Waals surface area contributed by atoms with Gasteiger partial charge in [0.1, 0.15) is 28.6 Å². The van der Waals surface area contributed by atoms with E-state index in [1.54, 1.807) is 45.2 Å². The molecule has 2 saturated heterocycles. The van der Waals surface area contributed by atoms with E-state index in [9.17, 15) is 24.9 Å². The van der Waals surface area contributed by atoms with E-state index < -0.39 is 41.3 Å². The number of allylic oxidation sites excluding steroid dienone is 3. The molecule has 5 rings (SSSR count). The van der Waals surface area contributed by atoms with Crippen LogP contribution in [0.4, 0.5) is 10.5 Å². The number of hydrogen-bond donors (Lipinski definition) is 4. The number of anilines is 1. The Kier molecular flexibility index (Phi) is 7.59. The maximum absolute atomic E-state index is 13.2. The molecule has 2 fully saturated rings. The predicted molar refractivity (Wildman–Crippen MR) is 140 cm³/mol. The number of amides is 2. The summed E-state index contributed by atoms with van der Waals surface area (Å²) in [7, 11) is 3.07. The molecule has 4 aliphatic heterocycles. The molecule has 6 bridgehead atoms. The van der Waals surface area contributed by atoms with Crippen LogP contribution >= 0.6 is 11.6 Å². The molecule has 10 nitrogen and oxygen atoms in total. The third-order valence-corrected chi connectivity index (χ3v) is 8.05. The van der Waals surface area contributed by atoms with Crippen molar-refractivity contribution in [2.75, 3.05) is 19.1 Å². The Morgan fingerprint density at radius 2 is 1.89 bits per heavy atom. The zero-order valence-corrected chi connectivity index (χ0v) is 22.9. The minimum atomic E-state index is -1.99. The lowest BCUT2D eigenvalue weighted by Gasteiger charge is -2.58. The Bertz CT molecular complexity index is 1180. The molecule has 0 aromatic heterocycles. The summed E-state index contributed by atoms with van der Waals surface area (Å²) in [6, 6.07) is 3.57. The summed E-state index contributed by atoms with van der Waals surface area (Å²) in [4.78, 5) is 26.9. The number of nitrogens with one attached hydrogen (secondary N) is 1. The molecule has 0 aliphatic carbocycles. The Morgan fingerprint density at radius 3 is 2.55 bits per heavy atom. The molecule has 11 heteroatoms. The van der Waals surface area contributed by atoms with Gasteiger partial charge in [0.25, 0.3) is 0 Å². The average molecular weight is 551 g/mol. The molecule has 4 heterocycles. The third kappa shape index (κ3) is 5.28. The summed E-state index contributed by atoms with van der Waals surface area (Å²) in [5.41, 5.74) is -1.98. The van der Waals surface area contributed by atoms with Crippen molar-refractivity contribution in [1.29, 1.82) is 0 Å². The maximum atomic E-state index is 13.2. The fourth-order valence-corrected chi connectivity index (χ4v) is 5.80. The van der Waals surface area contributed by atoms with Gasteiger partial charge in [-0.3, -0.25) is 10.1 Å². The van der Waals surface area contributed by atoms with Gasteiger partial charge in [-0.1, -0.05) is 35.4 Å². The van der Waals surface area contributed by atoms with Crippen molar-refractivity contribution in [1.82, 2.24) is 5.32 Å². The van der Waals surface area contributed by atoms with E-state index in [4.69, 9.17) is 25.8 Å². The zero-order chi connectivity index (χ0) is 28.0. The molecule has 0 radical (unpaired) electrons. The molecule has 4 aliphatic rings. The normalized spacial score (nSPS) is 38.3. The van der Waals surface area contributed by atoms with E-state index in [2.05, 4.69) is 5.32 Å². The monoisotopic (exact) mass is 550 g/mol. The van der Waals surface area contributed by atoms with Crippen molar-refractivity contribution in [3.8, 4) is 5.75 Å². The predicted octanol–water partition coefficient (Wildman–Crippen LogP) is 2.61. The van der Waals surface area contributed by atoms with Crippen LogP contribution in [0.3, 0.4) is 0 Å². The Balaban J connectivity index is 1.73. The van der Waals surface area contributed by atoms with Gasteiger partial charge < -0.3 is 34.4 Å². The van der Waals surface area contributed by atoms with Crippen molar-refractivity contribution in [2.24, 2.45) is 0 Å². The van der Waals surface area contributed by atoms with E-state index in [0.717, 1.165) is 11.1 Å². The summed E-state index contributed by atoms with van der Waals surface area (Å²) in [6.07, 6.45) is 0.670. The number of nitrogens with zero attached hydrogens (tertiary/aromatic N) is 1. The molecule has 2 amide bonds. The maximum Gasteiger partial charge on any atom is 0.409 e. The number of fused-ring (bicyclic) bond motifs is 6. The third-order valence-electron chi connectivity index (χ3n) is 7.67. The molecule has 1 unspecified atom stereocenters. The summed E-state index contributed by atoms with van der Waals surface area (Å²) in [6.45, 7) is 5.26. The van der Waals surface area contributed by atoms with E-state index in [1.165, 1.54) is 18.1 Å². The van der Waals surface area contributed by atoms with Crippen molar-refractivity contribution in [3.63, 3.8) is 0 Å². The summed E-state index contributed by atoms with van der Waals surface area (Å²) in [5, 5.41) is 35.5. The lowest BCUT2D eigenvalue weighted by atomic mass is 9.72. The van der Waals surface area contributed by atoms with Crippen LogP contribution in [-0.4, -0.2) is 76.7 Å². The van der Waals surface area contributed by atoms with Crippen LogP contribution in [0.2, 0.25) is 5.02 Å². The first kappa shape index (κ1) is 28.4. The van der Waals surface area contributed by atoms with E-state index >= 15 is 0 Å². The van der Waals surface area contributed by atoms with Gasteiger partial charge in [0, 0.05) is 19.9 Å². The number of benzene rings is 1. The summed E-state index contributed by atoms with van der Waals surface area (Å²) in [5.74, 6) is 0.0234. The first-order chi connectivity index (χ1) is 17.7. The zero-order valence-electron chi connectivity index (χ0n) is 22.2. The molecule has 208 valence electrons. The van der Waals surface area contributed by atoms with E-state index in [-0.39, 0.29) is 30.2 Å². The Labute approximate surface area is 226 Å². The fourth-order valence-electron chi connectivity index (χ4n) is 5.48. The van der Waals surface area contributed by atoms with Gasteiger partial charge in [-0.25, -0.2) is 4.79 Å². The van der Waals surface area contributed by atoms with Gasteiger partial charge in [-0.05, 0) is 44.9 Å². The average Bonchev–Trinajstić information content (AvgIpc) is 2.82. The van der Waals surface area contributed by atoms with Crippen LogP contribution < -0.4 is 15.0 Å². The van der Waals surface area contributed by atoms with Gasteiger partial charge in [0.2, 0.25) is 5.91 Å². The number of methoxy groups -OCH3 is 1. The second-order valence-corrected chi connectivity index (χ2v) is 11.3. The van der Waals surface area contributed by atoms with Crippen LogP contribution in [0.5, 0.6) is 5.75 Å². The Hall–Kier alpha value is -2.63. The summed E-state index contributed by atoms with van der Waals surface area (Å²) >= 11 is 6.55. The van der Waals surface area contributed by atoms with Crippen LogP contribution in [0.25, 0.3) is 0 Å². The van der Waals surface area contributed by atoms with Gasteiger partial charge in [-0.2, -0.15) is 0 Å². The Morgan fingerprint density at radius 1 is 1.21 bits per heavy atom. The first-order valence-electron chi connectivity index (χ1n) is 12.4. The van der Waals surface area contributed by atoms with Crippen LogP contribution in [0.1, 0.15) is 45.6 Å². The molecule has 0 saturated carbocycles. The van der Waals surface area contributed by atoms with Crippen LogP contribution in [0, 0.1) is 0 Å². The number of aliphatic hydroxyl groups is 3. The lowest BCUT2D eigenvalue weighted by molar-refractivity contribution is -0.326. The molecule has 1 aromatic carbocycles. The quantitative estimate of drug-likeness (QED) is 0.419. The first-order valence-corrected chi connectivity index (χ1v) is 12.8. The van der Waals surface area contributed by atoms with Crippen LogP contribution in [0.15, 0.2) is 35.9 Å². The number of hydrogen-bond acceptors (Lipinski definition) is 8. The molecular formula is C27H35ClN2O8. The highest BCUT2D eigenvalue weighted by Gasteiger charge is 2.62. The molecule has 4 N–H and O–H groups in total. The highest BCUT2D eigenvalue weighted by atomic mass is 35.5. The second-order valence-electron chi connectivity index (χ2n) is 10.9. The SMILES string of the molecule is COc1cc2cc(c1Cl)N(C)C(=O)C[C@H](O)[C@@]1(C)CC(C)(O1)[C@@H]1C[C@@](O)(NC(=O)O1)[C@H](O)/C=C/C=C(\C)C2. The molecule has 0 spiro atoms.